The number of hydrogen-bond donors (Lipinski definition) is 1. The Hall–Kier alpha value is -1.10. The normalized spacial score (nSPS) is 11.1. The molecule has 0 spiro atoms. The van der Waals surface area contributed by atoms with Crippen LogP contribution in [0.5, 0.6) is 0 Å². The lowest BCUT2D eigenvalue weighted by molar-refractivity contribution is 0.304. The van der Waals surface area contributed by atoms with Crippen LogP contribution in [0.3, 0.4) is 0 Å². The zero-order chi connectivity index (χ0) is 13.0. The fourth-order valence-corrected chi connectivity index (χ4v) is 2.06. The first-order chi connectivity index (χ1) is 8.69. The van der Waals surface area contributed by atoms with Gasteiger partial charge in [-0.1, -0.05) is 28.1 Å². The average molecular weight is 309 g/mol. The number of likely N-dealkylation sites (N-methyl/N-ethyl adjacent to an activating group) is 1. The van der Waals surface area contributed by atoms with Crippen LogP contribution in [0.4, 0.5) is 0 Å². The van der Waals surface area contributed by atoms with E-state index in [0.29, 0.717) is 6.54 Å². The monoisotopic (exact) mass is 308 g/mol. The molecule has 0 unspecified atom stereocenters. The highest BCUT2D eigenvalue weighted by Crippen LogP contribution is 2.24. The summed E-state index contributed by atoms with van der Waals surface area (Å²) >= 11 is 3.42. The van der Waals surface area contributed by atoms with Gasteiger partial charge in [-0.2, -0.15) is 0 Å². The van der Waals surface area contributed by atoms with Gasteiger partial charge in [-0.25, -0.2) is 0 Å². The Labute approximate surface area is 116 Å². The summed E-state index contributed by atoms with van der Waals surface area (Å²) in [6, 6.07) is 12.1. The molecule has 2 rings (SSSR count). The van der Waals surface area contributed by atoms with Crippen LogP contribution in [-0.2, 0) is 6.54 Å². The summed E-state index contributed by atoms with van der Waals surface area (Å²) < 4.78 is 6.90. The van der Waals surface area contributed by atoms with Crippen LogP contribution in [0.2, 0.25) is 0 Å². The number of benzene rings is 1. The van der Waals surface area contributed by atoms with Crippen LogP contribution in [0.15, 0.2) is 45.3 Å². The molecule has 18 heavy (non-hydrogen) atoms. The molecule has 1 heterocycles. The highest BCUT2D eigenvalue weighted by Gasteiger charge is 2.06. The van der Waals surface area contributed by atoms with Crippen molar-refractivity contribution in [3.8, 4) is 11.3 Å². The van der Waals surface area contributed by atoms with Gasteiger partial charge < -0.3 is 10.2 Å². The lowest BCUT2D eigenvalue weighted by atomic mass is 10.2. The number of hydrogen-bond acceptors (Lipinski definition) is 3. The lowest BCUT2D eigenvalue weighted by Gasteiger charge is -2.12. The van der Waals surface area contributed by atoms with Crippen molar-refractivity contribution in [1.29, 1.82) is 0 Å². The highest BCUT2D eigenvalue weighted by molar-refractivity contribution is 9.10. The van der Waals surface area contributed by atoms with E-state index in [1.54, 1.807) is 0 Å². The van der Waals surface area contributed by atoms with Crippen molar-refractivity contribution in [2.24, 2.45) is 5.73 Å². The highest BCUT2D eigenvalue weighted by atomic mass is 79.9. The van der Waals surface area contributed by atoms with Crippen LogP contribution in [0.1, 0.15) is 5.76 Å². The van der Waals surface area contributed by atoms with E-state index in [-0.39, 0.29) is 0 Å². The molecule has 0 amide bonds. The summed E-state index contributed by atoms with van der Waals surface area (Å²) in [4.78, 5) is 2.14. The van der Waals surface area contributed by atoms with Gasteiger partial charge in [0.05, 0.1) is 6.54 Å². The van der Waals surface area contributed by atoms with Gasteiger partial charge in [0.15, 0.2) is 0 Å². The average Bonchev–Trinajstić information content (AvgIpc) is 2.78. The number of rotatable bonds is 5. The number of halogens is 1. The van der Waals surface area contributed by atoms with Gasteiger partial charge in [0.1, 0.15) is 11.5 Å². The van der Waals surface area contributed by atoms with Crippen molar-refractivity contribution in [2.45, 2.75) is 6.54 Å². The first kappa shape index (κ1) is 13.3. The Kier molecular flexibility index (Phi) is 4.58. The van der Waals surface area contributed by atoms with E-state index >= 15 is 0 Å². The van der Waals surface area contributed by atoms with E-state index in [4.69, 9.17) is 10.2 Å². The van der Waals surface area contributed by atoms with Crippen LogP contribution in [-0.4, -0.2) is 25.0 Å². The minimum absolute atomic E-state index is 0.663. The topological polar surface area (TPSA) is 42.4 Å². The van der Waals surface area contributed by atoms with Gasteiger partial charge >= 0.3 is 0 Å². The minimum atomic E-state index is 0.663. The van der Waals surface area contributed by atoms with E-state index in [1.807, 2.05) is 43.4 Å². The first-order valence-corrected chi connectivity index (χ1v) is 6.71. The van der Waals surface area contributed by atoms with E-state index < -0.39 is 0 Å². The largest absolute Gasteiger partial charge is 0.460 e. The van der Waals surface area contributed by atoms with Crippen LogP contribution < -0.4 is 5.73 Å². The Morgan fingerprint density at radius 1 is 1.17 bits per heavy atom. The van der Waals surface area contributed by atoms with Crippen LogP contribution in [0.25, 0.3) is 11.3 Å². The summed E-state index contributed by atoms with van der Waals surface area (Å²) in [5, 5.41) is 0. The summed E-state index contributed by atoms with van der Waals surface area (Å²) in [6.45, 7) is 2.32. The Morgan fingerprint density at radius 2 is 1.89 bits per heavy atom. The molecule has 0 aliphatic heterocycles. The van der Waals surface area contributed by atoms with E-state index in [2.05, 4.69) is 20.8 Å². The third-order valence-electron chi connectivity index (χ3n) is 2.73. The fourth-order valence-electron chi connectivity index (χ4n) is 1.80. The molecular weight excluding hydrogens is 292 g/mol. The maximum atomic E-state index is 5.83. The molecule has 1 aromatic carbocycles. The predicted molar refractivity (Wildman–Crippen MR) is 77.2 cm³/mol. The SMILES string of the molecule is CN(CCN)Cc1ccc(-c2ccc(Br)cc2)o1. The van der Waals surface area contributed by atoms with Crippen molar-refractivity contribution in [3.63, 3.8) is 0 Å². The molecule has 0 saturated heterocycles. The van der Waals surface area contributed by atoms with Crippen LogP contribution >= 0.6 is 15.9 Å². The second kappa shape index (κ2) is 6.18. The minimum Gasteiger partial charge on any atom is -0.460 e. The second-order valence-corrected chi connectivity index (χ2v) is 5.21. The first-order valence-electron chi connectivity index (χ1n) is 5.92. The van der Waals surface area contributed by atoms with Gasteiger partial charge in [0, 0.05) is 23.1 Å². The number of nitrogens with two attached hydrogens (primary N) is 1. The van der Waals surface area contributed by atoms with Gasteiger partial charge in [-0.15, -0.1) is 0 Å². The molecule has 3 nitrogen and oxygen atoms in total. The Morgan fingerprint density at radius 3 is 2.56 bits per heavy atom. The molecule has 2 N–H and O–H groups in total. The van der Waals surface area contributed by atoms with Crippen molar-refractivity contribution in [1.82, 2.24) is 4.90 Å². The van der Waals surface area contributed by atoms with E-state index in [1.165, 1.54) is 0 Å². The molecule has 0 saturated carbocycles. The predicted octanol–water partition coefficient (Wildman–Crippen LogP) is 3.10. The van der Waals surface area contributed by atoms with Crippen molar-refractivity contribution in [3.05, 3.63) is 46.6 Å². The van der Waals surface area contributed by atoms with Crippen molar-refractivity contribution < 1.29 is 4.42 Å². The third-order valence-corrected chi connectivity index (χ3v) is 3.26. The van der Waals surface area contributed by atoms with E-state index in [9.17, 15) is 0 Å². The molecule has 0 radical (unpaired) electrons. The summed E-state index contributed by atoms with van der Waals surface area (Å²) in [6.07, 6.45) is 0. The smallest absolute Gasteiger partial charge is 0.134 e. The molecule has 0 atom stereocenters. The maximum absolute atomic E-state index is 5.83. The quantitative estimate of drug-likeness (QED) is 0.923. The molecule has 2 aromatic rings. The fraction of sp³-hybridized carbons (Fsp3) is 0.286. The third kappa shape index (κ3) is 3.45. The molecule has 1 aromatic heterocycles. The molecule has 0 aliphatic carbocycles. The molecule has 0 fully saturated rings. The van der Waals surface area contributed by atoms with Gasteiger partial charge in [0.2, 0.25) is 0 Å². The molecule has 0 aliphatic rings. The molecule has 4 heteroatoms. The van der Waals surface area contributed by atoms with Gasteiger partial charge in [-0.05, 0) is 31.3 Å². The number of furan rings is 1. The van der Waals surface area contributed by atoms with Gasteiger partial charge in [-0.3, -0.25) is 4.90 Å². The maximum Gasteiger partial charge on any atom is 0.134 e. The van der Waals surface area contributed by atoms with E-state index in [0.717, 1.165) is 34.6 Å². The van der Waals surface area contributed by atoms with Crippen molar-refractivity contribution in [2.75, 3.05) is 20.1 Å². The lowest BCUT2D eigenvalue weighted by Crippen LogP contribution is -2.24. The zero-order valence-corrected chi connectivity index (χ0v) is 12.0. The van der Waals surface area contributed by atoms with Crippen molar-refractivity contribution >= 4 is 15.9 Å². The summed E-state index contributed by atoms with van der Waals surface area (Å²) in [5.74, 6) is 1.86. The van der Waals surface area contributed by atoms with Gasteiger partial charge in [0.25, 0.3) is 0 Å². The molecule has 0 bridgehead atoms. The molecular formula is C14H17BrN2O. The zero-order valence-electron chi connectivity index (χ0n) is 10.4. The Bertz CT molecular complexity index is 493. The number of nitrogens with zero attached hydrogens (tertiary/aromatic N) is 1. The Balaban J connectivity index is 2.08. The molecule has 96 valence electrons. The standard InChI is InChI=1S/C14H17BrN2O/c1-17(9-8-16)10-13-6-7-14(18-13)11-2-4-12(15)5-3-11/h2-7H,8-10,16H2,1H3. The summed E-state index contributed by atoms with van der Waals surface area (Å²) in [7, 11) is 2.04. The summed E-state index contributed by atoms with van der Waals surface area (Å²) in [5.41, 5.74) is 6.61. The van der Waals surface area contributed by atoms with Crippen LogP contribution in [0, 0.1) is 0 Å². The second-order valence-electron chi connectivity index (χ2n) is 4.30.